The number of rotatable bonds is 9. The first-order valence-electron chi connectivity index (χ1n) is 11.6. The van der Waals surface area contributed by atoms with Crippen molar-refractivity contribution in [1.29, 1.82) is 0 Å². The second-order valence-electron chi connectivity index (χ2n) is 9.49. The fourth-order valence-corrected chi connectivity index (χ4v) is 4.05. The van der Waals surface area contributed by atoms with Gasteiger partial charge in [0, 0.05) is 11.6 Å². The largest absolute Gasteiger partial charge is 0.459 e. The number of halogens is 1. The Bertz CT molecular complexity index is 1030. The lowest BCUT2D eigenvalue weighted by Crippen LogP contribution is -2.39. The molecule has 0 fully saturated rings. The minimum absolute atomic E-state index is 0.00434. The van der Waals surface area contributed by atoms with E-state index in [0.717, 1.165) is 24.0 Å². The highest BCUT2D eigenvalue weighted by Gasteiger charge is 2.23. The highest BCUT2D eigenvalue weighted by molar-refractivity contribution is 5.72. The van der Waals surface area contributed by atoms with E-state index < -0.39 is 5.60 Å². The first kappa shape index (κ1) is 24.7. The van der Waals surface area contributed by atoms with Crippen LogP contribution in [0, 0.1) is 5.82 Å². The molecule has 2 atom stereocenters. The number of carbonyl (C=O) groups is 1. The van der Waals surface area contributed by atoms with Crippen molar-refractivity contribution < 1.29 is 13.9 Å². The Morgan fingerprint density at radius 2 is 1.61 bits per heavy atom. The van der Waals surface area contributed by atoms with E-state index in [9.17, 15) is 9.18 Å². The van der Waals surface area contributed by atoms with Crippen LogP contribution in [0.25, 0.3) is 11.1 Å². The second kappa shape index (κ2) is 11.2. The summed E-state index contributed by atoms with van der Waals surface area (Å²) in [6.07, 6.45) is 1.76. The zero-order chi connectivity index (χ0) is 23.8. The molecule has 0 spiro atoms. The molecule has 0 radical (unpaired) electrons. The molecule has 0 aliphatic carbocycles. The summed E-state index contributed by atoms with van der Waals surface area (Å²) >= 11 is 0. The number of ether oxygens (including phenoxy) is 1. The lowest BCUT2D eigenvalue weighted by Gasteiger charge is -2.27. The molecule has 0 amide bonds. The predicted octanol–water partition coefficient (Wildman–Crippen LogP) is 6.53. The van der Waals surface area contributed by atoms with Crippen molar-refractivity contribution in [2.45, 2.75) is 58.1 Å². The quantitative estimate of drug-likeness (QED) is 0.379. The highest BCUT2D eigenvalue weighted by atomic mass is 19.1. The van der Waals surface area contributed by atoms with Crippen LogP contribution in [0.4, 0.5) is 4.39 Å². The van der Waals surface area contributed by atoms with Crippen molar-refractivity contribution in [3.05, 3.63) is 95.8 Å². The Morgan fingerprint density at radius 1 is 0.970 bits per heavy atom. The van der Waals surface area contributed by atoms with E-state index in [1.165, 1.54) is 5.56 Å². The molecule has 3 rings (SSSR count). The van der Waals surface area contributed by atoms with E-state index in [2.05, 4.69) is 24.4 Å². The molecule has 0 saturated heterocycles. The fourth-order valence-electron chi connectivity index (χ4n) is 4.05. The van der Waals surface area contributed by atoms with Gasteiger partial charge in [0.2, 0.25) is 0 Å². The SMILES string of the molecule is CC(NCC(=O)OC(C)(C)C)C(CCc1ccccc1)c1ccc(F)c(-c2ccccc2)c1. The van der Waals surface area contributed by atoms with Gasteiger partial charge in [0.1, 0.15) is 11.4 Å². The van der Waals surface area contributed by atoms with Gasteiger partial charge in [0.15, 0.2) is 0 Å². The van der Waals surface area contributed by atoms with E-state index >= 15 is 0 Å². The predicted molar refractivity (Wildman–Crippen MR) is 133 cm³/mol. The van der Waals surface area contributed by atoms with Gasteiger partial charge in [-0.3, -0.25) is 4.79 Å². The summed E-state index contributed by atoms with van der Waals surface area (Å²) in [5, 5.41) is 3.35. The van der Waals surface area contributed by atoms with Crippen molar-refractivity contribution in [1.82, 2.24) is 5.32 Å². The van der Waals surface area contributed by atoms with Crippen LogP contribution in [0.15, 0.2) is 78.9 Å². The van der Waals surface area contributed by atoms with E-state index in [0.29, 0.717) is 5.56 Å². The van der Waals surface area contributed by atoms with Crippen LogP contribution >= 0.6 is 0 Å². The van der Waals surface area contributed by atoms with Gasteiger partial charge < -0.3 is 10.1 Å². The summed E-state index contributed by atoms with van der Waals surface area (Å²) in [5.74, 6) is -0.419. The zero-order valence-electron chi connectivity index (χ0n) is 20.0. The van der Waals surface area contributed by atoms with Crippen LogP contribution in [-0.2, 0) is 16.0 Å². The van der Waals surface area contributed by atoms with Gasteiger partial charge in [0.25, 0.3) is 0 Å². The van der Waals surface area contributed by atoms with Gasteiger partial charge in [-0.15, -0.1) is 0 Å². The maximum atomic E-state index is 14.7. The van der Waals surface area contributed by atoms with Crippen molar-refractivity contribution >= 4 is 5.97 Å². The third-order valence-corrected chi connectivity index (χ3v) is 5.68. The molecular weight excluding hydrogens is 413 g/mol. The third-order valence-electron chi connectivity index (χ3n) is 5.68. The lowest BCUT2D eigenvalue weighted by molar-refractivity contribution is -0.153. The Balaban J connectivity index is 1.83. The number of benzene rings is 3. The lowest BCUT2D eigenvalue weighted by atomic mass is 9.85. The van der Waals surface area contributed by atoms with E-state index in [1.807, 2.05) is 81.4 Å². The molecule has 4 heteroatoms. The Morgan fingerprint density at radius 3 is 2.24 bits per heavy atom. The molecule has 33 heavy (non-hydrogen) atoms. The summed E-state index contributed by atoms with van der Waals surface area (Å²) < 4.78 is 20.1. The smallest absolute Gasteiger partial charge is 0.320 e. The van der Waals surface area contributed by atoms with E-state index in [-0.39, 0.29) is 30.3 Å². The standard InChI is InChI=1S/C29H34FNO2/c1-21(31-20-28(32)33-29(2,3)4)25(17-15-22-11-7-5-8-12-22)24-16-18-27(30)26(19-24)23-13-9-6-10-14-23/h5-14,16,18-19,21,25,31H,15,17,20H2,1-4H3. The first-order chi connectivity index (χ1) is 15.7. The maximum absolute atomic E-state index is 14.7. The van der Waals surface area contributed by atoms with Gasteiger partial charge in [-0.25, -0.2) is 4.39 Å². The second-order valence-corrected chi connectivity index (χ2v) is 9.49. The molecule has 1 N–H and O–H groups in total. The minimum atomic E-state index is -0.518. The average molecular weight is 448 g/mol. The topological polar surface area (TPSA) is 38.3 Å². The van der Waals surface area contributed by atoms with E-state index in [1.54, 1.807) is 6.07 Å². The van der Waals surface area contributed by atoms with Crippen molar-refractivity contribution in [2.24, 2.45) is 0 Å². The monoisotopic (exact) mass is 447 g/mol. The van der Waals surface area contributed by atoms with Crippen LogP contribution in [0.2, 0.25) is 0 Å². The third kappa shape index (κ3) is 7.54. The molecule has 0 heterocycles. The van der Waals surface area contributed by atoms with Gasteiger partial charge in [-0.2, -0.15) is 0 Å². The minimum Gasteiger partial charge on any atom is -0.459 e. The zero-order valence-corrected chi connectivity index (χ0v) is 20.0. The van der Waals surface area contributed by atoms with Crippen LogP contribution in [0.1, 0.15) is 51.2 Å². The average Bonchev–Trinajstić information content (AvgIpc) is 2.79. The van der Waals surface area contributed by atoms with Gasteiger partial charge in [0.05, 0.1) is 6.54 Å². The highest BCUT2D eigenvalue weighted by Crippen LogP contribution is 2.31. The molecule has 0 aliphatic heterocycles. The fraction of sp³-hybridized carbons (Fsp3) is 0.345. The molecule has 0 aliphatic rings. The molecule has 0 saturated carbocycles. The van der Waals surface area contributed by atoms with Crippen LogP contribution in [-0.4, -0.2) is 24.2 Å². The van der Waals surface area contributed by atoms with Crippen LogP contribution in [0.3, 0.4) is 0 Å². The van der Waals surface area contributed by atoms with Gasteiger partial charge in [-0.1, -0.05) is 66.7 Å². The molecule has 0 bridgehead atoms. The number of nitrogens with one attached hydrogen (secondary N) is 1. The van der Waals surface area contributed by atoms with Crippen molar-refractivity contribution in [3.63, 3.8) is 0 Å². The summed E-state index contributed by atoms with van der Waals surface area (Å²) in [4.78, 5) is 12.3. The van der Waals surface area contributed by atoms with Crippen LogP contribution in [0.5, 0.6) is 0 Å². The molecular formula is C29H34FNO2. The van der Waals surface area contributed by atoms with Crippen molar-refractivity contribution in [3.8, 4) is 11.1 Å². The Kier molecular flexibility index (Phi) is 8.40. The number of hydrogen-bond acceptors (Lipinski definition) is 3. The van der Waals surface area contributed by atoms with Crippen molar-refractivity contribution in [2.75, 3.05) is 6.54 Å². The van der Waals surface area contributed by atoms with E-state index in [4.69, 9.17) is 4.74 Å². The Labute approximate surface area is 197 Å². The molecule has 3 aromatic carbocycles. The summed E-state index contributed by atoms with van der Waals surface area (Å²) in [6, 6.07) is 25.3. The number of esters is 1. The number of aryl methyl sites for hydroxylation is 1. The molecule has 0 aromatic heterocycles. The summed E-state index contributed by atoms with van der Waals surface area (Å²) in [7, 11) is 0. The maximum Gasteiger partial charge on any atom is 0.320 e. The molecule has 3 aromatic rings. The van der Waals surface area contributed by atoms with Gasteiger partial charge >= 0.3 is 5.97 Å². The van der Waals surface area contributed by atoms with Gasteiger partial charge in [-0.05, 0) is 75.3 Å². The molecule has 3 nitrogen and oxygen atoms in total. The first-order valence-corrected chi connectivity index (χ1v) is 11.6. The number of hydrogen-bond donors (Lipinski definition) is 1. The summed E-state index contributed by atoms with van der Waals surface area (Å²) in [6.45, 7) is 7.79. The molecule has 2 unspecified atom stereocenters. The van der Waals surface area contributed by atoms with Crippen LogP contribution < -0.4 is 5.32 Å². The molecule has 174 valence electrons. The normalized spacial score (nSPS) is 13.4. The summed E-state index contributed by atoms with van der Waals surface area (Å²) in [5.41, 5.74) is 3.24. The Hall–Kier alpha value is -2.98. The number of carbonyl (C=O) groups excluding carboxylic acids is 1.